The molecule has 1 aliphatic heterocycles. The summed E-state index contributed by atoms with van der Waals surface area (Å²) in [5, 5.41) is 13.8. The van der Waals surface area contributed by atoms with Crippen molar-refractivity contribution in [1.82, 2.24) is 10.3 Å². The van der Waals surface area contributed by atoms with Crippen molar-refractivity contribution in [1.29, 1.82) is 0 Å². The molecule has 98 valence electrons. The molecule has 0 bridgehead atoms. The van der Waals surface area contributed by atoms with Crippen LogP contribution >= 0.6 is 23.7 Å². The zero-order chi connectivity index (χ0) is 11.8. The minimum atomic E-state index is -0.249. The largest absolute Gasteiger partial charge is 0.497 e. The van der Waals surface area contributed by atoms with Crippen molar-refractivity contribution in [2.24, 2.45) is 0 Å². The summed E-state index contributed by atoms with van der Waals surface area (Å²) in [5.74, 6) is 0.828. The van der Waals surface area contributed by atoms with Gasteiger partial charge in [-0.3, -0.25) is 0 Å². The number of thiazole rings is 1. The highest BCUT2D eigenvalue weighted by atomic mass is 35.5. The molecule has 1 aliphatic rings. The van der Waals surface area contributed by atoms with E-state index >= 15 is 0 Å². The lowest BCUT2D eigenvalue weighted by molar-refractivity contribution is 0.193. The highest BCUT2D eigenvalue weighted by Crippen LogP contribution is 2.32. The van der Waals surface area contributed by atoms with Crippen LogP contribution in [0.25, 0.3) is 10.2 Å². The van der Waals surface area contributed by atoms with Gasteiger partial charge in [0, 0.05) is 12.6 Å². The summed E-state index contributed by atoms with van der Waals surface area (Å²) in [4.78, 5) is 4.60. The van der Waals surface area contributed by atoms with Crippen molar-refractivity contribution >= 4 is 34.0 Å². The average molecular weight is 287 g/mol. The number of β-amino-alcohol motifs (C(OH)–C–C–N with tert-alkyl or cyclic N) is 1. The number of fused-ring (bicyclic) bond motifs is 1. The van der Waals surface area contributed by atoms with Gasteiger partial charge in [-0.25, -0.2) is 4.98 Å². The van der Waals surface area contributed by atoms with Gasteiger partial charge in [0.1, 0.15) is 10.8 Å². The molecule has 1 aromatic carbocycles. The van der Waals surface area contributed by atoms with E-state index in [4.69, 9.17) is 4.74 Å². The Hall–Kier alpha value is -0.880. The summed E-state index contributed by atoms with van der Waals surface area (Å²) < 4.78 is 6.34. The third-order valence-electron chi connectivity index (χ3n) is 3.02. The molecule has 0 spiro atoms. The fraction of sp³-hybridized carbons (Fsp3) is 0.417. The van der Waals surface area contributed by atoms with Crippen LogP contribution in [0.5, 0.6) is 5.75 Å². The minimum Gasteiger partial charge on any atom is -0.497 e. The number of nitrogens with zero attached hydrogens (tertiary/aromatic N) is 1. The van der Waals surface area contributed by atoms with E-state index < -0.39 is 0 Å². The van der Waals surface area contributed by atoms with Crippen molar-refractivity contribution in [3.05, 3.63) is 23.2 Å². The molecule has 3 rings (SSSR count). The number of methoxy groups -OCH3 is 1. The molecule has 0 unspecified atom stereocenters. The van der Waals surface area contributed by atoms with Crippen LogP contribution in [0.1, 0.15) is 17.5 Å². The monoisotopic (exact) mass is 286 g/mol. The molecule has 0 radical (unpaired) electrons. The molecule has 2 N–H and O–H groups in total. The second kappa shape index (κ2) is 5.40. The van der Waals surface area contributed by atoms with Gasteiger partial charge >= 0.3 is 0 Å². The third kappa shape index (κ3) is 2.44. The summed E-state index contributed by atoms with van der Waals surface area (Å²) in [6.07, 6.45) is 0.498. The first-order valence-electron chi connectivity index (χ1n) is 5.62. The number of nitrogens with one attached hydrogen (secondary N) is 1. The molecule has 1 aromatic heterocycles. The van der Waals surface area contributed by atoms with Gasteiger partial charge in [-0.15, -0.1) is 23.7 Å². The van der Waals surface area contributed by atoms with E-state index in [2.05, 4.69) is 10.3 Å². The molecule has 2 aromatic rings. The second-order valence-corrected chi connectivity index (χ2v) is 5.30. The maximum Gasteiger partial charge on any atom is 0.121 e. The predicted molar refractivity (Wildman–Crippen MR) is 74.8 cm³/mol. The highest BCUT2D eigenvalue weighted by Gasteiger charge is 2.26. The fourth-order valence-corrected chi connectivity index (χ4v) is 3.14. The van der Waals surface area contributed by atoms with Crippen LogP contribution < -0.4 is 10.1 Å². The van der Waals surface area contributed by atoms with E-state index in [-0.39, 0.29) is 24.6 Å². The Morgan fingerprint density at radius 2 is 2.33 bits per heavy atom. The van der Waals surface area contributed by atoms with E-state index in [1.54, 1.807) is 18.4 Å². The van der Waals surface area contributed by atoms with Crippen molar-refractivity contribution in [2.45, 2.75) is 18.6 Å². The normalized spacial score (nSPS) is 23.0. The van der Waals surface area contributed by atoms with Gasteiger partial charge < -0.3 is 15.2 Å². The summed E-state index contributed by atoms with van der Waals surface area (Å²) in [5.41, 5.74) is 0.965. The Morgan fingerprint density at radius 1 is 1.50 bits per heavy atom. The van der Waals surface area contributed by atoms with E-state index in [1.807, 2.05) is 18.2 Å². The van der Waals surface area contributed by atoms with Crippen molar-refractivity contribution in [2.75, 3.05) is 13.7 Å². The molecule has 4 nitrogen and oxygen atoms in total. The van der Waals surface area contributed by atoms with E-state index in [0.29, 0.717) is 6.54 Å². The van der Waals surface area contributed by atoms with Crippen LogP contribution in [-0.2, 0) is 0 Å². The molecule has 0 aliphatic carbocycles. The summed E-state index contributed by atoms with van der Waals surface area (Å²) in [7, 11) is 1.66. The molecule has 0 amide bonds. The number of benzene rings is 1. The molecular weight excluding hydrogens is 272 g/mol. The van der Waals surface area contributed by atoms with Gasteiger partial charge in [-0.2, -0.15) is 0 Å². The van der Waals surface area contributed by atoms with Gasteiger partial charge in [0.2, 0.25) is 0 Å². The predicted octanol–water partition coefficient (Wildman–Crippen LogP) is 2.12. The Morgan fingerprint density at radius 3 is 3.00 bits per heavy atom. The molecule has 1 saturated heterocycles. The number of hydrogen-bond acceptors (Lipinski definition) is 5. The Balaban J connectivity index is 0.00000120. The quantitative estimate of drug-likeness (QED) is 0.888. The zero-order valence-corrected chi connectivity index (χ0v) is 11.6. The molecule has 2 heterocycles. The van der Waals surface area contributed by atoms with Crippen LogP contribution in [0.15, 0.2) is 18.2 Å². The van der Waals surface area contributed by atoms with Crippen LogP contribution in [0.4, 0.5) is 0 Å². The molecule has 1 fully saturated rings. The number of hydrogen-bond donors (Lipinski definition) is 2. The van der Waals surface area contributed by atoms with Gasteiger partial charge in [-0.05, 0) is 18.6 Å². The van der Waals surface area contributed by atoms with Crippen LogP contribution in [0.2, 0.25) is 0 Å². The first-order chi connectivity index (χ1) is 8.26. The topological polar surface area (TPSA) is 54.4 Å². The van der Waals surface area contributed by atoms with Crippen molar-refractivity contribution in [3.8, 4) is 5.75 Å². The number of halogens is 1. The molecule has 6 heteroatoms. The third-order valence-corrected chi connectivity index (χ3v) is 4.17. The zero-order valence-electron chi connectivity index (χ0n) is 9.92. The Kier molecular flexibility index (Phi) is 4.07. The number of aliphatic hydroxyl groups is 1. The lowest BCUT2D eigenvalue weighted by Crippen LogP contribution is -2.14. The number of aliphatic hydroxyl groups excluding tert-OH is 1. The van der Waals surface area contributed by atoms with E-state index in [1.165, 1.54) is 0 Å². The van der Waals surface area contributed by atoms with Gasteiger partial charge in [0.05, 0.1) is 29.5 Å². The molecule has 2 atom stereocenters. The SMILES string of the molecule is COc1ccc2sc([C@@H]3C[C@@H](O)CN3)nc2c1.Cl. The summed E-state index contributed by atoms with van der Waals surface area (Å²) >= 11 is 1.68. The Bertz CT molecular complexity index is 546. The fourth-order valence-electron chi connectivity index (χ4n) is 2.11. The van der Waals surface area contributed by atoms with Crippen LogP contribution in [0.3, 0.4) is 0 Å². The highest BCUT2D eigenvalue weighted by molar-refractivity contribution is 7.18. The first-order valence-corrected chi connectivity index (χ1v) is 6.44. The molecule has 18 heavy (non-hydrogen) atoms. The van der Waals surface area contributed by atoms with Crippen LogP contribution in [0, 0.1) is 0 Å². The molecule has 0 saturated carbocycles. The summed E-state index contributed by atoms with van der Waals surface area (Å²) in [6.45, 7) is 0.657. The standard InChI is InChI=1S/C12H14N2O2S.ClH/c1-16-8-2-3-11-9(5-8)14-12(17-11)10-4-7(15)6-13-10;/h2-3,5,7,10,13,15H,4,6H2,1H3;1H/t7-,10+;/m1./s1. The van der Waals surface area contributed by atoms with E-state index in [9.17, 15) is 5.11 Å². The average Bonchev–Trinajstić information content (AvgIpc) is 2.93. The second-order valence-electron chi connectivity index (χ2n) is 4.24. The number of aromatic nitrogens is 1. The number of ether oxygens (including phenoxy) is 1. The Labute approximate surface area is 115 Å². The lowest BCUT2D eigenvalue weighted by atomic mass is 10.2. The van der Waals surface area contributed by atoms with Crippen molar-refractivity contribution < 1.29 is 9.84 Å². The van der Waals surface area contributed by atoms with Crippen molar-refractivity contribution in [3.63, 3.8) is 0 Å². The smallest absolute Gasteiger partial charge is 0.121 e. The van der Waals surface area contributed by atoms with Gasteiger partial charge in [0.15, 0.2) is 0 Å². The first kappa shape index (κ1) is 13.5. The lowest BCUT2D eigenvalue weighted by Gasteiger charge is -2.03. The minimum absolute atomic E-state index is 0. The van der Waals surface area contributed by atoms with Crippen LogP contribution in [-0.4, -0.2) is 29.8 Å². The summed E-state index contributed by atoms with van der Waals surface area (Å²) in [6, 6.07) is 6.11. The maximum atomic E-state index is 9.51. The molecular formula is C12H15ClN2O2S. The number of rotatable bonds is 2. The maximum absolute atomic E-state index is 9.51. The van der Waals surface area contributed by atoms with E-state index in [0.717, 1.165) is 27.4 Å². The van der Waals surface area contributed by atoms with Gasteiger partial charge in [0.25, 0.3) is 0 Å². The van der Waals surface area contributed by atoms with Gasteiger partial charge in [-0.1, -0.05) is 0 Å².